The predicted octanol–water partition coefficient (Wildman–Crippen LogP) is 2.78. The highest BCUT2D eigenvalue weighted by atomic mass is 32.1. The maximum atomic E-state index is 4.95. The zero-order valence-electron chi connectivity index (χ0n) is 9.45. The van der Waals surface area contributed by atoms with Crippen LogP contribution in [0, 0.1) is 0 Å². The molecule has 0 spiro atoms. The van der Waals surface area contributed by atoms with E-state index in [1.807, 2.05) is 0 Å². The molecule has 0 unspecified atom stereocenters. The summed E-state index contributed by atoms with van der Waals surface area (Å²) in [6, 6.07) is 2.16. The highest BCUT2D eigenvalue weighted by Gasteiger charge is 1.94. The van der Waals surface area contributed by atoms with E-state index in [4.69, 9.17) is 4.74 Å². The smallest absolute Gasteiger partial charge is 0.0587 e. The largest absolute Gasteiger partial charge is 0.383 e. The Labute approximate surface area is 96.0 Å². The van der Waals surface area contributed by atoms with E-state index in [1.165, 1.54) is 11.1 Å². The fourth-order valence-corrected chi connectivity index (χ4v) is 2.01. The molecule has 0 aliphatic rings. The lowest BCUT2D eigenvalue weighted by Crippen LogP contribution is -2.19. The van der Waals surface area contributed by atoms with E-state index in [9.17, 15) is 0 Å². The Hall–Kier alpha value is -0.640. The van der Waals surface area contributed by atoms with E-state index in [1.54, 1.807) is 18.4 Å². The van der Waals surface area contributed by atoms with Crippen molar-refractivity contribution in [1.82, 2.24) is 5.32 Å². The lowest BCUT2D eigenvalue weighted by atomic mass is 10.1. The molecule has 84 valence electrons. The van der Waals surface area contributed by atoms with Crippen LogP contribution in [-0.2, 0) is 4.74 Å². The molecule has 0 saturated carbocycles. The Morgan fingerprint density at radius 1 is 1.53 bits per heavy atom. The van der Waals surface area contributed by atoms with E-state index < -0.39 is 0 Å². The normalized spacial score (nSPS) is 12.0. The summed E-state index contributed by atoms with van der Waals surface area (Å²) >= 11 is 1.75. The number of methoxy groups -OCH3 is 1. The van der Waals surface area contributed by atoms with Crippen molar-refractivity contribution in [3.63, 3.8) is 0 Å². The third kappa shape index (κ3) is 5.11. The second-order valence-electron chi connectivity index (χ2n) is 3.43. The summed E-state index contributed by atoms with van der Waals surface area (Å²) in [4.78, 5) is 0. The average Bonchev–Trinajstić information content (AvgIpc) is 2.76. The van der Waals surface area contributed by atoms with E-state index >= 15 is 0 Å². The van der Waals surface area contributed by atoms with E-state index in [0.29, 0.717) is 0 Å². The molecule has 0 aliphatic carbocycles. The molecule has 0 atom stereocenters. The Balaban J connectivity index is 2.15. The second kappa shape index (κ2) is 7.63. The fourth-order valence-electron chi connectivity index (χ4n) is 1.30. The fraction of sp³-hybridized carbons (Fsp3) is 0.500. The van der Waals surface area contributed by atoms with Crippen LogP contribution >= 0.6 is 11.3 Å². The molecule has 1 heterocycles. The zero-order chi connectivity index (χ0) is 10.9. The Morgan fingerprint density at radius 2 is 2.40 bits per heavy atom. The minimum Gasteiger partial charge on any atom is -0.383 e. The number of nitrogens with one attached hydrogen (secondary N) is 1. The van der Waals surface area contributed by atoms with E-state index in [0.717, 1.165) is 26.1 Å². The molecule has 0 aliphatic heterocycles. The molecular formula is C12H19NOS. The van der Waals surface area contributed by atoms with Gasteiger partial charge in [-0.25, -0.2) is 0 Å². The maximum absolute atomic E-state index is 4.95. The van der Waals surface area contributed by atoms with Crippen molar-refractivity contribution in [2.75, 3.05) is 26.8 Å². The molecular weight excluding hydrogens is 206 g/mol. The first kappa shape index (κ1) is 12.4. The number of thiophene rings is 1. The number of hydrogen-bond acceptors (Lipinski definition) is 3. The van der Waals surface area contributed by atoms with Crippen LogP contribution in [0.5, 0.6) is 0 Å². The van der Waals surface area contributed by atoms with Crippen LogP contribution in [0.4, 0.5) is 0 Å². The molecule has 0 fully saturated rings. The Kier molecular flexibility index (Phi) is 6.32. The minimum atomic E-state index is 0.785. The van der Waals surface area contributed by atoms with Gasteiger partial charge in [0, 0.05) is 13.7 Å². The number of rotatable bonds is 7. The first-order valence-corrected chi connectivity index (χ1v) is 6.18. The monoisotopic (exact) mass is 225 g/mol. The highest BCUT2D eigenvalue weighted by Crippen LogP contribution is 2.16. The van der Waals surface area contributed by atoms with Gasteiger partial charge in [-0.05, 0) is 47.9 Å². The van der Waals surface area contributed by atoms with Crippen LogP contribution in [0.25, 0.3) is 5.57 Å². The molecule has 1 rings (SSSR count). The second-order valence-corrected chi connectivity index (χ2v) is 4.21. The van der Waals surface area contributed by atoms with Crippen LogP contribution in [-0.4, -0.2) is 26.8 Å². The molecule has 0 bridgehead atoms. The molecule has 0 radical (unpaired) electrons. The van der Waals surface area contributed by atoms with Gasteiger partial charge in [-0.1, -0.05) is 6.08 Å². The molecule has 15 heavy (non-hydrogen) atoms. The SMILES string of the molecule is COCCNCCC=C(C)c1ccsc1. The average molecular weight is 225 g/mol. The topological polar surface area (TPSA) is 21.3 Å². The third-order valence-corrected chi connectivity index (χ3v) is 2.91. The van der Waals surface area contributed by atoms with Gasteiger partial charge in [-0.15, -0.1) is 0 Å². The van der Waals surface area contributed by atoms with Gasteiger partial charge in [0.25, 0.3) is 0 Å². The van der Waals surface area contributed by atoms with Crippen molar-refractivity contribution >= 4 is 16.9 Å². The first-order valence-electron chi connectivity index (χ1n) is 5.23. The van der Waals surface area contributed by atoms with Gasteiger partial charge < -0.3 is 10.1 Å². The summed E-state index contributed by atoms with van der Waals surface area (Å²) in [6.07, 6.45) is 3.35. The van der Waals surface area contributed by atoms with Crippen LogP contribution in [0.1, 0.15) is 18.9 Å². The summed E-state index contributed by atoms with van der Waals surface area (Å²) in [5.41, 5.74) is 2.71. The van der Waals surface area contributed by atoms with Crippen molar-refractivity contribution in [2.24, 2.45) is 0 Å². The van der Waals surface area contributed by atoms with Crippen LogP contribution in [0.15, 0.2) is 22.9 Å². The summed E-state index contributed by atoms with van der Waals surface area (Å²) in [5, 5.41) is 7.62. The molecule has 0 amide bonds. The quantitative estimate of drug-likeness (QED) is 0.720. The van der Waals surface area contributed by atoms with Gasteiger partial charge in [-0.2, -0.15) is 11.3 Å². The molecule has 3 heteroatoms. The van der Waals surface area contributed by atoms with Gasteiger partial charge in [0.15, 0.2) is 0 Å². The van der Waals surface area contributed by atoms with Crippen molar-refractivity contribution < 1.29 is 4.74 Å². The third-order valence-electron chi connectivity index (χ3n) is 2.23. The van der Waals surface area contributed by atoms with Gasteiger partial charge >= 0.3 is 0 Å². The van der Waals surface area contributed by atoms with Gasteiger partial charge in [0.2, 0.25) is 0 Å². The van der Waals surface area contributed by atoms with Gasteiger partial charge in [0.1, 0.15) is 0 Å². The van der Waals surface area contributed by atoms with Crippen LogP contribution in [0.2, 0.25) is 0 Å². The molecule has 2 nitrogen and oxygen atoms in total. The predicted molar refractivity (Wildman–Crippen MR) is 67.3 cm³/mol. The molecule has 1 N–H and O–H groups in total. The Bertz CT molecular complexity index is 280. The van der Waals surface area contributed by atoms with Crippen molar-refractivity contribution in [2.45, 2.75) is 13.3 Å². The number of ether oxygens (including phenoxy) is 1. The molecule has 0 aromatic carbocycles. The summed E-state index contributed by atoms with van der Waals surface area (Å²) in [5.74, 6) is 0. The van der Waals surface area contributed by atoms with E-state index in [2.05, 4.69) is 35.1 Å². The summed E-state index contributed by atoms with van der Waals surface area (Å²) in [7, 11) is 1.72. The van der Waals surface area contributed by atoms with Crippen LogP contribution < -0.4 is 5.32 Å². The van der Waals surface area contributed by atoms with Gasteiger partial charge in [-0.3, -0.25) is 0 Å². The van der Waals surface area contributed by atoms with Crippen molar-refractivity contribution in [3.05, 3.63) is 28.5 Å². The molecule has 0 saturated heterocycles. The minimum absolute atomic E-state index is 0.785. The Morgan fingerprint density at radius 3 is 3.07 bits per heavy atom. The summed E-state index contributed by atoms with van der Waals surface area (Å²) < 4.78 is 4.95. The van der Waals surface area contributed by atoms with Crippen LogP contribution in [0.3, 0.4) is 0 Å². The maximum Gasteiger partial charge on any atom is 0.0587 e. The molecule has 1 aromatic rings. The number of hydrogen-bond donors (Lipinski definition) is 1. The first-order chi connectivity index (χ1) is 7.34. The lowest BCUT2D eigenvalue weighted by Gasteiger charge is -2.02. The summed E-state index contributed by atoms with van der Waals surface area (Å²) in [6.45, 7) is 4.90. The van der Waals surface area contributed by atoms with Crippen molar-refractivity contribution in [1.29, 1.82) is 0 Å². The standard InChI is InChI=1S/C12H19NOS/c1-11(12-5-9-15-10-12)4-3-6-13-7-8-14-2/h4-5,9-10,13H,3,6-8H2,1-2H3. The number of allylic oxidation sites excluding steroid dienone is 1. The van der Waals surface area contributed by atoms with Gasteiger partial charge in [0.05, 0.1) is 6.61 Å². The zero-order valence-corrected chi connectivity index (χ0v) is 10.3. The lowest BCUT2D eigenvalue weighted by molar-refractivity contribution is 0.199. The van der Waals surface area contributed by atoms with Crippen molar-refractivity contribution in [3.8, 4) is 0 Å². The highest BCUT2D eigenvalue weighted by molar-refractivity contribution is 7.08. The van der Waals surface area contributed by atoms with E-state index in [-0.39, 0.29) is 0 Å². The molecule has 1 aromatic heterocycles.